The van der Waals surface area contributed by atoms with Gasteiger partial charge in [-0.15, -0.1) is 0 Å². The number of aryl methyl sites for hydroxylation is 1. The number of aromatic nitrogens is 2. The Morgan fingerprint density at radius 1 is 1.08 bits per heavy atom. The minimum Gasteiger partial charge on any atom is -0.396 e. The number of fused-ring (bicyclic) bond motifs is 1. The number of imidazole rings is 1. The monoisotopic (exact) mass is 350 g/mol. The Morgan fingerprint density at radius 3 is 2.58 bits per heavy atom. The number of hydrogen-bond donors (Lipinski definition) is 2. The Labute approximate surface area is 154 Å². The molecule has 3 heterocycles. The van der Waals surface area contributed by atoms with Crippen LogP contribution in [0.3, 0.4) is 0 Å². The number of rotatable bonds is 5. The van der Waals surface area contributed by atoms with Crippen LogP contribution in [0, 0.1) is 6.92 Å². The van der Waals surface area contributed by atoms with Crippen LogP contribution in [-0.4, -0.2) is 52.2 Å². The molecule has 26 heavy (non-hydrogen) atoms. The molecule has 1 aliphatic heterocycles. The van der Waals surface area contributed by atoms with E-state index >= 15 is 0 Å². The molecule has 2 N–H and O–H groups in total. The van der Waals surface area contributed by atoms with Crippen LogP contribution < -0.4 is 5.32 Å². The number of hydrogen-bond acceptors (Lipinski definition) is 4. The van der Waals surface area contributed by atoms with Crippen LogP contribution >= 0.6 is 0 Å². The van der Waals surface area contributed by atoms with Gasteiger partial charge in [0.1, 0.15) is 5.65 Å². The molecule has 1 saturated heterocycles. The molecule has 0 radical (unpaired) electrons. The van der Waals surface area contributed by atoms with Gasteiger partial charge in [-0.25, -0.2) is 4.98 Å². The highest BCUT2D eigenvalue weighted by atomic mass is 16.2. The van der Waals surface area contributed by atoms with Crippen LogP contribution in [0.2, 0.25) is 0 Å². The van der Waals surface area contributed by atoms with Gasteiger partial charge in [-0.05, 0) is 25.0 Å². The highest BCUT2D eigenvalue weighted by Crippen LogP contribution is 2.26. The maximum Gasteiger partial charge on any atom is 0.137 e. The molecule has 3 aromatic rings. The van der Waals surface area contributed by atoms with Gasteiger partial charge >= 0.3 is 0 Å². The Hall–Kier alpha value is -2.21. The summed E-state index contributed by atoms with van der Waals surface area (Å²) in [5.74, 6) is 0. The quantitative estimate of drug-likeness (QED) is 0.741. The summed E-state index contributed by atoms with van der Waals surface area (Å²) in [6.45, 7) is 7.33. The highest BCUT2D eigenvalue weighted by Gasteiger charge is 2.18. The van der Waals surface area contributed by atoms with Crippen molar-refractivity contribution in [2.75, 3.05) is 32.8 Å². The molecule has 0 spiro atoms. The second-order valence-corrected chi connectivity index (χ2v) is 7.04. The topological polar surface area (TPSA) is 52.8 Å². The lowest BCUT2D eigenvalue weighted by atomic mass is 10.1. The van der Waals surface area contributed by atoms with Crippen LogP contribution in [0.15, 0.2) is 42.6 Å². The first kappa shape index (κ1) is 17.2. The average molecular weight is 350 g/mol. The summed E-state index contributed by atoms with van der Waals surface area (Å²) < 4.78 is 2.21. The summed E-state index contributed by atoms with van der Waals surface area (Å²) in [6.07, 6.45) is 2.80. The van der Waals surface area contributed by atoms with E-state index < -0.39 is 0 Å². The van der Waals surface area contributed by atoms with Crippen molar-refractivity contribution in [3.63, 3.8) is 0 Å². The standard InChI is InChI=1S/C21H26N4O/c1-16-2-5-18(6-3-16)21-19(15-24-11-9-22-10-12-24)25-14-17(8-13-26)4-7-20(25)23-21/h2-7,14,22,26H,8-13,15H2,1H3. The van der Waals surface area contributed by atoms with Gasteiger partial charge in [-0.3, -0.25) is 4.90 Å². The van der Waals surface area contributed by atoms with Crippen LogP contribution in [0.4, 0.5) is 0 Å². The predicted molar refractivity (Wildman–Crippen MR) is 104 cm³/mol. The van der Waals surface area contributed by atoms with Crippen LogP contribution in [0.5, 0.6) is 0 Å². The average Bonchev–Trinajstić information content (AvgIpc) is 3.01. The predicted octanol–water partition coefficient (Wildman–Crippen LogP) is 2.25. The van der Waals surface area contributed by atoms with Crippen molar-refractivity contribution in [1.82, 2.24) is 19.6 Å². The molecule has 1 fully saturated rings. The van der Waals surface area contributed by atoms with Crippen LogP contribution in [0.1, 0.15) is 16.8 Å². The third-order valence-corrected chi connectivity index (χ3v) is 5.09. The molecule has 0 saturated carbocycles. The van der Waals surface area contributed by atoms with Gasteiger partial charge in [0, 0.05) is 51.1 Å². The third-order valence-electron chi connectivity index (χ3n) is 5.09. The fourth-order valence-electron chi connectivity index (χ4n) is 3.59. The summed E-state index contributed by atoms with van der Waals surface area (Å²) in [5.41, 5.74) is 6.80. The first-order valence-corrected chi connectivity index (χ1v) is 9.35. The molecule has 5 heteroatoms. The number of pyridine rings is 1. The van der Waals surface area contributed by atoms with E-state index in [1.807, 2.05) is 0 Å². The van der Waals surface area contributed by atoms with Gasteiger partial charge in [0.25, 0.3) is 0 Å². The van der Waals surface area contributed by atoms with E-state index in [0.29, 0.717) is 6.42 Å². The summed E-state index contributed by atoms with van der Waals surface area (Å²) in [7, 11) is 0. The number of nitrogens with one attached hydrogen (secondary N) is 1. The number of piperazine rings is 1. The Bertz CT molecular complexity index is 879. The maximum atomic E-state index is 9.29. The molecule has 0 unspecified atom stereocenters. The van der Waals surface area contributed by atoms with Gasteiger partial charge in [0.2, 0.25) is 0 Å². The Kier molecular flexibility index (Phi) is 5.02. The molecule has 1 aromatic carbocycles. The van der Waals surface area contributed by atoms with Gasteiger partial charge in [0.15, 0.2) is 0 Å². The first-order valence-electron chi connectivity index (χ1n) is 9.35. The molecule has 0 atom stereocenters. The van der Waals surface area contributed by atoms with E-state index in [4.69, 9.17) is 4.98 Å². The lowest BCUT2D eigenvalue weighted by Crippen LogP contribution is -2.43. The summed E-state index contributed by atoms with van der Waals surface area (Å²) in [6, 6.07) is 12.7. The fraction of sp³-hybridized carbons (Fsp3) is 0.381. The summed E-state index contributed by atoms with van der Waals surface area (Å²) in [4.78, 5) is 7.42. The zero-order valence-electron chi connectivity index (χ0n) is 15.3. The molecule has 0 aliphatic carbocycles. The molecular formula is C21H26N4O. The van der Waals surface area contributed by atoms with E-state index in [-0.39, 0.29) is 6.61 Å². The van der Waals surface area contributed by atoms with Crippen molar-refractivity contribution < 1.29 is 5.11 Å². The van der Waals surface area contributed by atoms with Gasteiger partial charge in [0.05, 0.1) is 11.4 Å². The lowest BCUT2D eigenvalue weighted by Gasteiger charge is -2.27. The van der Waals surface area contributed by atoms with E-state index in [1.165, 1.54) is 11.3 Å². The largest absolute Gasteiger partial charge is 0.396 e. The van der Waals surface area contributed by atoms with E-state index in [0.717, 1.165) is 55.2 Å². The molecule has 136 valence electrons. The number of benzene rings is 1. The zero-order valence-corrected chi connectivity index (χ0v) is 15.3. The maximum absolute atomic E-state index is 9.29. The second-order valence-electron chi connectivity index (χ2n) is 7.04. The van der Waals surface area contributed by atoms with Gasteiger partial charge < -0.3 is 14.8 Å². The minimum absolute atomic E-state index is 0.165. The van der Waals surface area contributed by atoms with Crippen molar-refractivity contribution in [2.45, 2.75) is 19.9 Å². The minimum atomic E-state index is 0.165. The number of aliphatic hydroxyl groups is 1. The van der Waals surface area contributed by atoms with Crippen LogP contribution in [0.25, 0.3) is 16.9 Å². The van der Waals surface area contributed by atoms with E-state index in [2.05, 4.69) is 64.1 Å². The molecule has 1 aliphatic rings. The third kappa shape index (κ3) is 3.51. The molecule has 5 nitrogen and oxygen atoms in total. The molecule has 0 amide bonds. The SMILES string of the molecule is Cc1ccc(-c2nc3ccc(CCO)cn3c2CN2CCNCC2)cc1. The van der Waals surface area contributed by atoms with E-state index in [9.17, 15) is 5.11 Å². The van der Waals surface area contributed by atoms with Crippen LogP contribution in [-0.2, 0) is 13.0 Å². The summed E-state index contributed by atoms with van der Waals surface area (Å²) in [5, 5.41) is 12.7. The normalized spacial score (nSPS) is 15.6. The van der Waals surface area contributed by atoms with Gasteiger partial charge in [-0.2, -0.15) is 0 Å². The fourth-order valence-corrected chi connectivity index (χ4v) is 3.59. The number of aliphatic hydroxyl groups excluding tert-OH is 1. The van der Waals surface area contributed by atoms with Crippen molar-refractivity contribution in [3.05, 3.63) is 59.4 Å². The van der Waals surface area contributed by atoms with Crippen molar-refractivity contribution >= 4 is 5.65 Å². The van der Waals surface area contributed by atoms with Gasteiger partial charge in [-0.1, -0.05) is 35.9 Å². The summed E-state index contributed by atoms with van der Waals surface area (Å²) >= 11 is 0. The zero-order chi connectivity index (χ0) is 17.9. The molecule has 4 rings (SSSR count). The number of nitrogens with zero attached hydrogens (tertiary/aromatic N) is 3. The van der Waals surface area contributed by atoms with Crippen molar-refractivity contribution in [2.24, 2.45) is 0 Å². The Morgan fingerprint density at radius 2 is 1.85 bits per heavy atom. The van der Waals surface area contributed by atoms with E-state index in [1.54, 1.807) is 0 Å². The lowest BCUT2D eigenvalue weighted by molar-refractivity contribution is 0.230. The van der Waals surface area contributed by atoms with Crippen molar-refractivity contribution in [3.8, 4) is 11.3 Å². The second kappa shape index (κ2) is 7.58. The smallest absolute Gasteiger partial charge is 0.137 e. The Balaban J connectivity index is 1.80. The first-order chi connectivity index (χ1) is 12.7. The highest BCUT2D eigenvalue weighted by molar-refractivity contribution is 5.67. The molecule has 2 aromatic heterocycles. The molecular weight excluding hydrogens is 324 g/mol. The van der Waals surface area contributed by atoms with Crippen molar-refractivity contribution in [1.29, 1.82) is 0 Å². The molecule has 0 bridgehead atoms.